The number of nitrogens with zero attached hydrogens (tertiary/aromatic N) is 2. The molecule has 4 nitrogen and oxygen atoms in total. The highest BCUT2D eigenvalue weighted by Crippen LogP contribution is 2.20. The number of amides is 2. The van der Waals surface area contributed by atoms with Gasteiger partial charge in [0, 0.05) is 5.39 Å². The highest BCUT2D eigenvalue weighted by molar-refractivity contribution is 7.82. The lowest BCUT2D eigenvalue weighted by Crippen LogP contribution is -2.27. The second-order valence-corrected chi connectivity index (χ2v) is 3.44. The van der Waals surface area contributed by atoms with Gasteiger partial charge in [-0.1, -0.05) is 31.0 Å². The van der Waals surface area contributed by atoms with Crippen molar-refractivity contribution >= 4 is 35.4 Å². The molecule has 2 aromatic rings. The first-order chi connectivity index (χ1) is 7.18. The van der Waals surface area contributed by atoms with Crippen LogP contribution in [0.3, 0.4) is 0 Å². The van der Waals surface area contributed by atoms with E-state index in [1.54, 1.807) is 12.3 Å². The maximum absolute atomic E-state index is 10.9. The number of fused-ring (bicyclic) bond motifs is 1. The van der Waals surface area contributed by atoms with Gasteiger partial charge in [0.1, 0.15) is 0 Å². The Hall–Kier alpha value is -1.75. The summed E-state index contributed by atoms with van der Waals surface area (Å²) in [5, 5.41) is 0.940. The van der Waals surface area contributed by atoms with Crippen LogP contribution in [0.4, 0.5) is 10.5 Å². The number of thiol groups is 1. The predicted molar refractivity (Wildman–Crippen MR) is 62.8 cm³/mol. The number of urea groups is 1. The van der Waals surface area contributed by atoms with Crippen molar-refractivity contribution in [1.82, 2.24) is 4.98 Å². The van der Waals surface area contributed by atoms with Crippen LogP contribution in [0, 0.1) is 0 Å². The maximum Gasteiger partial charge on any atom is 0.329 e. The minimum Gasteiger partial charge on any atom is -0.350 e. The summed E-state index contributed by atoms with van der Waals surface area (Å²) in [4.78, 5) is 15.1. The van der Waals surface area contributed by atoms with Gasteiger partial charge in [-0.2, -0.15) is 0 Å². The van der Waals surface area contributed by atoms with Gasteiger partial charge in [-0.3, -0.25) is 4.98 Å². The van der Waals surface area contributed by atoms with E-state index >= 15 is 0 Å². The molecule has 15 heavy (non-hydrogen) atoms. The number of carbonyl (C=O) groups excluding carboxylic acids is 1. The SMILES string of the molecule is NC(=O)N(S)c1cnc2ccccc2c1. The molecule has 0 bridgehead atoms. The summed E-state index contributed by atoms with van der Waals surface area (Å²) in [5.41, 5.74) is 6.52. The first kappa shape index (κ1) is 9.79. The van der Waals surface area contributed by atoms with Crippen molar-refractivity contribution in [3.63, 3.8) is 0 Å². The third kappa shape index (κ3) is 1.87. The summed E-state index contributed by atoms with van der Waals surface area (Å²) < 4.78 is 1.06. The van der Waals surface area contributed by atoms with E-state index in [2.05, 4.69) is 17.8 Å². The summed E-state index contributed by atoms with van der Waals surface area (Å²) in [6.07, 6.45) is 1.56. The molecule has 1 heterocycles. The van der Waals surface area contributed by atoms with Crippen molar-refractivity contribution in [3.8, 4) is 0 Å². The fourth-order valence-corrected chi connectivity index (χ4v) is 1.41. The first-order valence-corrected chi connectivity index (χ1v) is 4.72. The lowest BCUT2D eigenvalue weighted by atomic mass is 10.2. The number of pyridine rings is 1. The monoisotopic (exact) mass is 219 g/mol. The second kappa shape index (κ2) is 3.78. The molecule has 0 aliphatic heterocycles. The Morgan fingerprint density at radius 2 is 2.13 bits per heavy atom. The molecule has 1 aromatic carbocycles. The number of nitrogens with two attached hydrogens (primary N) is 1. The van der Waals surface area contributed by atoms with Crippen LogP contribution in [-0.4, -0.2) is 11.0 Å². The van der Waals surface area contributed by atoms with Gasteiger partial charge in [-0.15, -0.1) is 0 Å². The van der Waals surface area contributed by atoms with E-state index in [1.807, 2.05) is 24.3 Å². The van der Waals surface area contributed by atoms with Crippen LogP contribution >= 0.6 is 12.8 Å². The van der Waals surface area contributed by atoms with E-state index in [0.29, 0.717) is 5.69 Å². The first-order valence-electron chi connectivity index (χ1n) is 4.32. The zero-order valence-corrected chi connectivity index (χ0v) is 8.69. The van der Waals surface area contributed by atoms with Crippen LogP contribution in [0.2, 0.25) is 0 Å². The molecule has 2 N–H and O–H groups in total. The van der Waals surface area contributed by atoms with Crippen molar-refractivity contribution in [3.05, 3.63) is 36.5 Å². The Kier molecular flexibility index (Phi) is 2.47. The Morgan fingerprint density at radius 1 is 1.40 bits per heavy atom. The standard InChI is InChI=1S/C10H9N3OS/c11-10(14)13(15)8-5-7-3-1-2-4-9(7)12-6-8/h1-6,15H,(H2,11,14). The molecule has 0 fully saturated rings. The third-order valence-corrected chi connectivity index (χ3v) is 2.46. The second-order valence-electron chi connectivity index (χ2n) is 3.04. The molecule has 2 rings (SSSR count). The Balaban J connectivity index is 2.51. The summed E-state index contributed by atoms with van der Waals surface area (Å²) in [5.74, 6) is 0. The van der Waals surface area contributed by atoms with Crippen LogP contribution in [0.1, 0.15) is 0 Å². The Bertz CT molecular complexity index is 515. The molecule has 76 valence electrons. The molecule has 0 aliphatic rings. The number of hydrogen-bond acceptors (Lipinski definition) is 3. The molecule has 0 aliphatic carbocycles. The van der Waals surface area contributed by atoms with Crippen LogP contribution in [-0.2, 0) is 0 Å². The van der Waals surface area contributed by atoms with Crippen molar-refractivity contribution in [1.29, 1.82) is 0 Å². The van der Waals surface area contributed by atoms with Crippen LogP contribution in [0.25, 0.3) is 10.9 Å². The van der Waals surface area contributed by atoms with Crippen LogP contribution in [0.15, 0.2) is 36.5 Å². The summed E-state index contributed by atoms with van der Waals surface area (Å²) in [6.45, 7) is 0. The van der Waals surface area contributed by atoms with Gasteiger partial charge >= 0.3 is 6.03 Å². The fraction of sp³-hybridized carbons (Fsp3) is 0. The number of para-hydroxylation sites is 1. The number of rotatable bonds is 1. The topological polar surface area (TPSA) is 59.2 Å². The number of primary amides is 1. The molecule has 0 atom stereocenters. The van der Waals surface area contributed by atoms with Gasteiger partial charge in [0.2, 0.25) is 0 Å². The van der Waals surface area contributed by atoms with Crippen molar-refractivity contribution in [2.24, 2.45) is 5.73 Å². The minimum atomic E-state index is -0.629. The van der Waals surface area contributed by atoms with Crippen molar-refractivity contribution in [2.75, 3.05) is 4.31 Å². The smallest absolute Gasteiger partial charge is 0.329 e. The molecule has 0 radical (unpaired) electrons. The van der Waals surface area contributed by atoms with Gasteiger partial charge in [-0.25, -0.2) is 9.10 Å². The number of benzene rings is 1. The molecule has 1 aromatic heterocycles. The molecule has 0 saturated carbocycles. The zero-order chi connectivity index (χ0) is 10.8. The van der Waals surface area contributed by atoms with Gasteiger partial charge < -0.3 is 5.73 Å². The molecule has 5 heteroatoms. The quantitative estimate of drug-likeness (QED) is 0.720. The minimum absolute atomic E-state index is 0.560. The lowest BCUT2D eigenvalue weighted by molar-refractivity contribution is 0.257. The molecule has 2 amide bonds. The van der Waals surface area contributed by atoms with E-state index in [0.717, 1.165) is 15.2 Å². The normalized spacial score (nSPS) is 10.2. The van der Waals surface area contributed by atoms with Crippen molar-refractivity contribution in [2.45, 2.75) is 0 Å². The maximum atomic E-state index is 10.9. The highest BCUT2D eigenvalue weighted by atomic mass is 32.1. The molecule has 0 spiro atoms. The number of aromatic nitrogens is 1. The van der Waals surface area contributed by atoms with Gasteiger partial charge in [0.05, 0.1) is 17.4 Å². The number of anilines is 1. The van der Waals surface area contributed by atoms with Gasteiger partial charge in [0.15, 0.2) is 0 Å². The average molecular weight is 219 g/mol. The summed E-state index contributed by atoms with van der Waals surface area (Å²) in [6, 6.07) is 8.79. The van der Waals surface area contributed by atoms with E-state index in [1.165, 1.54) is 0 Å². The van der Waals surface area contributed by atoms with E-state index in [4.69, 9.17) is 5.73 Å². The lowest BCUT2D eigenvalue weighted by Gasteiger charge is -2.12. The molecule has 0 saturated heterocycles. The largest absolute Gasteiger partial charge is 0.350 e. The summed E-state index contributed by atoms with van der Waals surface area (Å²) in [7, 11) is 0. The fourth-order valence-electron chi connectivity index (χ4n) is 1.30. The van der Waals surface area contributed by atoms with Crippen molar-refractivity contribution < 1.29 is 4.79 Å². The van der Waals surface area contributed by atoms with Crippen LogP contribution < -0.4 is 10.0 Å². The number of carbonyl (C=O) groups is 1. The van der Waals surface area contributed by atoms with Crippen LogP contribution in [0.5, 0.6) is 0 Å². The third-order valence-electron chi connectivity index (χ3n) is 2.03. The Morgan fingerprint density at radius 3 is 2.87 bits per heavy atom. The average Bonchev–Trinajstić information content (AvgIpc) is 2.27. The van der Waals surface area contributed by atoms with E-state index in [9.17, 15) is 4.79 Å². The van der Waals surface area contributed by atoms with Gasteiger partial charge in [0.25, 0.3) is 0 Å². The van der Waals surface area contributed by atoms with Gasteiger partial charge in [-0.05, 0) is 12.1 Å². The summed E-state index contributed by atoms with van der Waals surface area (Å²) >= 11 is 3.96. The Labute approximate surface area is 92.2 Å². The zero-order valence-electron chi connectivity index (χ0n) is 7.79. The predicted octanol–water partition coefficient (Wildman–Crippen LogP) is 1.96. The van der Waals surface area contributed by atoms with E-state index in [-0.39, 0.29) is 0 Å². The molecular formula is C10H9N3OS. The number of hydrogen-bond donors (Lipinski definition) is 2. The van der Waals surface area contributed by atoms with E-state index < -0.39 is 6.03 Å². The molecular weight excluding hydrogens is 210 g/mol. The highest BCUT2D eigenvalue weighted by Gasteiger charge is 2.08. The molecule has 0 unspecified atom stereocenters.